The molecule has 0 radical (unpaired) electrons. The average Bonchev–Trinajstić information content (AvgIpc) is 2.43. The van der Waals surface area contributed by atoms with Crippen LogP contribution < -0.4 is 21.9 Å². The summed E-state index contributed by atoms with van der Waals surface area (Å²) in [6, 6.07) is 5.35. The summed E-state index contributed by atoms with van der Waals surface area (Å²) >= 11 is 0. The van der Waals surface area contributed by atoms with Gasteiger partial charge in [-0.3, -0.25) is 15.4 Å². The number of carbonyl (C=O) groups excluding carboxylic acids is 2. The van der Waals surface area contributed by atoms with Crippen molar-refractivity contribution in [3.8, 4) is 0 Å². The molecule has 2 amide bonds. The summed E-state index contributed by atoms with van der Waals surface area (Å²) in [4.78, 5) is 23.9. The van der Waals surface area contributed by atoms with Gasteiger partial charge in [-0.1, -0.05) is 11.6 Å². The van der Waals surface area contributed by atoms with Crippen molar-refractivity contribution in [2.75, 3.05) is 19.0 Å². The predicted molar refractivity (Wildman–Crippen MR) is 79.2 cm³/mol. The highest BCUT2D eigenvalue weighted by Gasteiger charge is 2.27. The normalized spacial score (nSPS) is 10.8. The van der Waals surface area contributed by atoms with Crippen molar-refractivity contribution in [3.63, 3.8) is 0 Å². The molecule has 5 N–H and O–H groups in total. The molecule has 110 valence electrons. The van der Waals surface area contributed by atoms with E-state index >= 15 is 0 Å². The van der Waals surface area contributed by atoms with Gasteiger partial charge in [-0.05, 0) is 32.9 Å². The Labute approximate surface area is 119 Å². The number of carbonyl (C=O) groups is 2. The van der Waals surface area contributed by atoms with Crippen molar-refractivity contribution in [1.29, 1.82) is 0 Å². The van der Waals surface area contributed by atoms with Gasteiger partial charge in [-0.2, -0.15) is 0 Å². The molecule has 0 aliphatic rings. The molecule has 1 rings (SSSR count). The summed E-state index contributed by atoms with van der Waals surface area (Å²) in [5.74, 6) is 5.01. The molecule has 0 heterocycles. The number of aryl methyl sites for hydroxylation is 1. The number of benzene rings is 1. The summed E-state index contributed by atoms with van der Waals surface area (Å²) in [5.41, 5.74) is 3.78. The van der Waals surface area contributed by atoms with Crippen LogP contribution in [0.1, 0.15) is 29.8 Å². The predicted octanol–water partition coefficient (Wildman–Crippen LogP) is 0.783. The maximum atomic E-state index is 12.2. The molecule has 1 aromatic rings. The Morgan fingerprint density at radius 2 is 1.95 bits per heavy atom. The quantitative estimate of drug-likeness (QED) is 0.473. The molecular weight excluding hydrogens is 256 g/mol. The van der Waals surface area contributed by atoms with E-state index < -0.39 is 5.41 Å². The summed E-state index contributed by atoms with van der Waals surface area (Å²) in [6.45, 7) is 5.67. The van der Waals surface area contributed by atoms with Gasteiger partial charge in [0.25, 0.3) is 5.91 Å². The molecular formula is C14H22N4O2. The number of hydrogen-bond acceptors (Lipinski definition) is 4. The second kappa shape index (κ2) is 6.38. The molecule has 0 aliphatic carbocycles. The van der Waals surface area contributed by atoms with Crippen LogP contribution >= 0.6 is 0 Å². The van der Waals surface area contributed by atoms with E-state index in [9.17, 15) is 9.59 Å². The third kappa shape index (κ3) is 3.71. The van der Waals surface area contributed by atoms with E-state index in [2.05, 4.69) is 16.1 Å². The molecule has 0 unspecified atom stereocenters. The minimum Gasteiger partial charge on any atom is -0.359 e. The van der Waals surface area contributed by atoms with E-state index in [1.807, 2.05) is 13.0 Å². The number of hydrazine groups is 1. The molecule has 0 atom stereocenters. The highest BCUT2D eigenvalue weighted by atomic mass is 16.2. The van der Waals surface area contributed by atoms with Crippen LogP contribution in [0, 0.1) is 12.3 Å². The fourth-order valence-electron chi connectivity index (χ4n) is 1.79. The Bertz CT molecular complexity index is 512. The van der Waals surface area contributed by atoms with Crippen molar-refractivity contribution in [3.05, 3.63) is 29.3 Å². The minimum atomic E-state index is -0.676. The third-order valence-electron chi connectivity index (χ3n) is 3.11. The van der Waals surface area contributed by atoms with Gasteiger partial charge in [0.05, 0.1) is 16.7 Å². The van der Waals surface area contributed by atoms with E-state index in [-0.39, 0.29) is 18.4 Å². The summed E-state index contributed by atoms with van der Waals surface area (Å²) in [6.07, 6.45) is 0. The lowest BCUT2D eigenvalue weighted by Gasteiger charge is -2.23. The van der Waals surface area contributed by atoms with E-state index in [1.165, 1.54) is 0 Å². The summed E-state index contributed by atoms with van der Waals surface area (Å²) in [5, 5.41) is 5.34. The molecule has 6 heteroatoms. The Hall–Kier alpha value is -2.08. The largest absolute Gasteiger partial charge is 0.359 e. The Balaban J connectivity index is 2.82. The smallest absolute Gasteiger partial charge is 0.253 e. The topological polar surface area (TPSA) is 96.2 Å². The monoisotopic (exact) mass is 278 g/mol. The number of rotatable bonds is 5. The Kier molecular flexibility index (Phi) is 5.10. The van der Waals surface area contributed by atoms with Gasteiger partial charge < -0.3 is 16.1 Å². The second-order valence-corrected chi connectivity index (χ2v) is 5.34. The van der Waals surface area contributed by atoms with Crippen molar-refractivity contribution < 1.29 is 9.59 Å². The number of nitrogen functional groups attached to an aromatic ring is 1. The van der Waals surface area contributed by atoms with Crippen molar-refractivity contribution in [2.24, 2.45) is 11.3 Å². The zero-order valence-electron chi connectivity index (χ0n) is 12.3. The van der Waals surface area contributed by atoms with Crippen LogP contribution in [-0.4, -0.2) is 25.4 Å². The standard InChI is InChI=1S/C14H22N4O2/c1-9-5-6-11(18-15)10(7-9)12(19)17-8-14(2,3)13(20)16-4/h5-7,18H,8,15H2,1-4H3,(H,16,20)(H,17,19). The van der Waals surface area contributed by atoms with Crippen LogP contribution in [-0.2, 0) is 4.79 Å². The summed E-state index contributed by atoms with van der Waals surface area (Å²) < 4.78 is 0. The molecule has 0 saturated heterocycles. The molecule has 20 heavy (non-hydrogen) atoms. The minimum absolute atomic E-state index is 0.126. The van der Waals surface area contributed by atoms with Crippen LogP contribution in [0.2, 0.25) is 0 Å². The number of anilines is 1. The van der Waals surface area contributed by atoms with Gasteiger partial charge >= 0.3 is 0 Å². The van der Waals surface area contributed by atoms with E-state index in [0.29, 0.717) is 11.3 Å². The van der Waals surface area contributed by atoms with E-state index in [4.69, 9.17) is 5.84 Å². The molecule has 0 saturated carbocycles. The van der Waals surface area contributed by atoms with Crippen LogP contribution in [0.25, 0.3) is 0 Å². The van der Waals surface area contributed by atoms with E-state index in [1.54, 1.807) is 33.0 Å². The van der Waals surface area contributed by atoms with Gasteiger partial charge in [0, 0.05) is 13.6 Å². The van der Waals surface area contributed by atoms with Crippen molar-refractivity contribution >= 4 is 17.5 Å². The van der Waals surface area contributed by atoms with E-state index in [0.717, 1.165) is 5.56 Å². The molecule has 0 aliphatic heterocycles. The third-order valence-corrected chi connectivity index (χ3v) is 3.11. The fourth-order valence-corrected chi connectivity index (χ4v) is 1.79. The molecule has 0 aromatic heterocycles. The summed E-state index contributed by atoms with van der Waals surface area (Å²) in [7, 11) is 1.57. The van der Waals surface area contributed by atoms with Gasteiger partial charge in [0.2, 0.25) is 5.91 Å². The molecule has 0 fully saturated rings. The highest BCUT2D eigenvalue weighted by Crippen LogP contribution is 2.18. The maximum Gasteiger partial charge on any atom is 0.253 e. The first-order chi connectivity index (χ1) is 9.31. The highest BCUT2D eigenvalue weighted by molar-refractivity contribution is 6.00. The molecule has 0 bridgehead atoms. The Morgan fingerprint density at radius 1 is 1.30 bits per heavy atom. The van der Waals surface area contributed by atoms with Gasteiger partial charge in [-0.25, -0.2) is 0 Å². The molecule has 0 spiro atoms. The molecule has 1 aromatic carbocycles. The SMILES string of the molecule is CNC(=O)C(C)(C)CNC(=O)c1cc(C)ccc1NN. The van der Waals surface area contributed by atoms with Gasteiger partial charge in [0.15, 0.2) is 0 Å². The van der Waals surface area contributed by atoms with Crippen molar-refractivity contribution in [2.45, 2.75) is 20.8 Å². The van der Waals surface area contributed by atoms with Gasteiger partial charge in [-0.15, -0.1) is 0 Å². The second-order valence-electron chi connectivity index (χ2n) is 5.34. The lowest BCUT2D eigenvalue weighted by atomic mass is 9.92. The lowest BCUT2D eigenvalue weighted by molar-refractivity contribution is -0.128. The zero-order chi connectivity index (χ0) is 15.3. The number of nitrogens with one attached hydrogen (secondary N) is 3. The first kappa shape index (κ1) is 16.0. The van der Waals surface area contributed by atoms with Crippen LogP contribution in [0.5, 0.6) is 0 Å². The average molecular weight is 278 g/mol. The maximum absolute atomic E-state index is 12.2. The number of nitrogens with two attached hydrogens (primary N) is 1. The van der Waals surface area contributed by atoms with Crippen LogP contribution in [0.4, 0.5) is 5.69 Å². The van der Waals surface area contributed by atoms with Crippen LogP contribution in [0.15, 0.2) is 18.2 Å². The number of amides is 2. The zero-order valence-corrected chi connectivity index (χ0v) is 12.3. The van der Waals surface area contributed by atoms with Crippen molar-refractivity contribution in [1.82, 2.24) is 10.6 Å². The number of hydrogen-bond donors (Lipinski definition) is 4. The molecule has 6 nitrogen and oxygen atoms in total. The first-order valence-electron chi connectivity index (χ1n) is 6.39. The lowest BCUT2D eigenvalue weighted by Crippen LogP contribution is -2.43. The van der Waals surface area contributed by atoms with Gasteiger partial charge in [0.1, 0.15) is 0 Å². The fraction of sp³-hybridized carbons (Fsp3) is 0.429. The van der Waals surface area contributed by atoms with Crippen LogP contribution in [0.3, 0.4) is 0 Å². The first-order valence-corrected chi connectivity index (χ1v) is 6.39. The Morgan fingerprint density at radius 3 is 2.50 bits per heavy atom.